The first-order valence-electron chi connectivity index (χ1n) is 7.97. The van der Waals surface area contributed by atoms with E-state index in [9.17, 15) is 33.5 Å². The van der Waals surface area contributed by atoms with Crippen LogP contribution in [0.15, 0.2) is 17.1 Å². The fraction of sp³-hybridized carbons (Fsp3) is 0.538. The van der Waals surface area contributed by atoms with Gasteiger partial charge in [0.25, 0.3) is 5.56 Å². The van der Waals surface area contributed by atoms with Crippen LogP contribution in [0.4, 0.5) is 5.95 Å². The van der Waals surface area contributed by atoms with Gasteiger partial charge in [-0.1, -0.05) is 7.60 Å². The Morgan fingerprint density at radius 1 is 1.06 bits per heavy atom. The number of nitrogen functional groups attached to an aromatic ring is 1. The zero-order valence-corrected chi connectivity index (χ0v) is 28.3. The molecule has 0 fully saturated rings. The predicted molar refractivity (Wildman–Crippen MR) is 90.0 cm³/mol. The fourth-order valence-corrected chi connectivity index (χ4v) is 3.11. The third kappa shape index (κ3) is 14.9. The van der Waals surface area contributed by atoms with E-state index in [0.29, 0.717) is 0 Å². The van der Waals surface area contributed by atoms with Crippen molar-refractivity contribution in [1.82, 2.24) is 14.5 Å². The van der Waals surface area contributed by atoms with Gasteiger partial charge in [-0.3, -0.25) is 9.78 Å². The minimum absolute atomic E-state index is 0. The minimum atomic E-state index is -4.86. The van der Waals surface area contributed by atoms with E-state index in [2.05, 4.69) is 9.97 Å². The Balaban J connectivity index is -0.00000210. The number of hydrogen-bond acceptors (Lipinski definition) is 11. The summed E-state index contributed by atoms with van der Waals surface area (Å²) >= 11 is 0. The monoisotopic (exact) mass is 528 g/mol. The van der Waals surface area contributed by atoms with Crippen LogP contribution in [0, 0.1) is 5.92 Å². The Morgan fingerprint density at radius 2 is 1.66 bits per heavy atom. The van der Waals surface area contributed by atoms with Crippen molar-refractivity contribution in [2.45, 2.75) is 6.54 Å². The molecule has 2 aromatic heterocycles. The average Bonchev–Trinajstić information content (AvgIpc) is 2.92. The first kappa shape index (κ1) is 39.0. The summed E-state index contributed by atoms with van der Waals surface area (Å²) in [4.78, 5) is 60.9. The van der Waals surface area contributed by atoms with Crippen molar-refractivity contribution in [3.05, 3.63) is 22.6 Å². The number of aromatic nitrogens is 3. The van der Waals surface area contributed by atoms with Crippen molar-refractivity contribution in [2.75, 3.05) is 38.1 Å². The maximum Gasteiger partial charge on any atom is 1.00 e. The van der Waals surface area contributed by atoms with Crippen molar-refractivity contribution in [1.29, 1.82) is 0 Å². The van der Waals surface area contributed by atoms with Crippen LogP contribution in [0.25, 0.3) is 11.0 Å². The summed E-state index contributed by atoms with van der Waals surface area (Å²) < 4.78 is 32.9. The molecule has 0 aliphatic rings. The Kier molecular flexibility index (Phi) is 21.7. The Labute approximate surface area is 272 Å². The molecule has 2 aromatic rings. The maximum absolute atomic E-state index is 11.9. The number of hydrogen-bond donors (Lipinski definition) is 2. The molecule has 19 heteroatoms. The molecule has 0 saturated heterocycles. The third-order valence-corrected chi connectivity index (χ3v) is 4.80. The summed E-state index contributed by atoms with van der Waals surface area (Å²) in [5.74, 6) is -0.635. The van der Waals surface area contributed by atoms with Crippen molar-refractivity contribution >= 4 is 32.2 Å². The number of anilines is 1. The molecule has 1 unspecified atom stereocenters. The van der Waals surface area contributed by atoms with Gasteiger partial charge < -0.3 is 48.5 Å². The second-order valence-electron chi connectivity index (χ2n) is 6.04. The number of ether oxygens (including phenoxy) is 2. The summed E-state index contributed by atoms with van der Waals surface area (Å²) in [6, 6.07) is 1.51. The largest absolute Gasteiger partial charge is 1.00 e. The van der Waals surface area contributed by atoms with Crippen molar-refractivity contribution in [3.8, 4) is 0 Å². The van der Waals surface area contributed by atoms with Crippen molar-refractivity contribution in [2.24, 2.45) is 5.92 Å². The molecule has 0 spiro atoms. The van der Waals surface area contributed by atoms with Crippen LogP contribution in [0.2, 0.25) is 0 Å². The fourth-order valence-electron chi connectivity index (χ4n) is 2.43. The van der Waals surface area contributed by atoms with Crippen molar-refractivity contribution in [3.63, 3.8) is 0 Å². The molecule has 2 rings (SSSR count). The molecule has 32 heavy (non-hydrogen) atoms. The molecule has 1 atom stereocenters. The number of nitrogens with zero attached hydrogens (tertiary/aromatic N) is 2. The van der Waals surface area contributed by atoms with Crippen LogP contribution in [0.5, 0.6) is 0 Å². The summed E-state index contributed by atoms with van der Waals surface area (Å²) in [5.41, 5.74) is 5.37. The smallest absolute Gasteiger partial charge is 0.811 e. The van der Waals surface area contributed by atoms with Crippen LogP contribution < -0.4 is 149 Å². The third-order valence-electron chi connectivity index (χ3n) is 3.57. The van der Waals surface area contributed by atoms with Gasteiger partial charge in [0.1, 0.15) is 5.65 Å². The zero-order valence-electron chi connectivity index (χ0n) is 18.5. The van der Waals surface area contributed by atoms with E-state index in [1.165, 1.54) is 6.07 Å². The van der Waals surface area contributed by atoms with E-state index >= 15 is 0 Å². The molecular weight excluding hydrogens is 510 g/mol. The summed E-state index contributed by atoms with van der Waals surface area (Å²) in [7, 11) is -9.57. The second-order valence-corrected chi connectivity index (χ2v) is 9.19. The van der Waals surface area contributed by atoms with Gasteiger partial charge in [0.15, 0.2) is 0 Å². The molecule has 3 N–H and O–H groups in total. The van der Waals surface area contributed by atoms with Gasteiger partial charge in [-0.2, -0.15) is 4.98 Å². The number of fused-ring (bicyclic) bond motifs is 1. The molecule has 158 valence electrons. The first-order valence-corrected chi connectivity index (χ1v) is 11.4. The molecule has 0 bridgehead atoms. The van der Waals surface area contributed by atoms with Gasteiger partial charge in [0.05, 0.1) is 31.6 Å². The van der Waals surface area contributed by atoms with Gasteiger partial charge in [-0.25, -0.2) is 0 Å². The molecule has 0 aliphatic carbocycles. The molecule has 13 nitrogen and oxygen atoms in total. The van der Waals surface area contributed by atoms with Gasteiger partial charge in [-0.05, 0) is 19.8 Å². The molecule has 0 amide bonds. The Morgan fingerprint density at radius 3 is 2.22 bits per heavy atom. The van der Waals surface area contributed by atoms with Crippen LogP contribution >= 0.6 is 15.2 Å². The SMILES string of the molecule is Nc1nc2c(ccn2CC(COCCP(=O)([O-])[O-])COCP(=O)([O-])[O-])c(=O)[nH]1.[Na+].[Na+].[Na+].[Na+]. The van der Waals surface area contributed by atoms with Crippen LogP contribution in [-0.2, 0) is 25.1 Å². The number of nitrogens with two attached hydrogens (primary N) is 1. The van der Waals surface area contributed by atoms with E-state index in [4.69, 9.17) is 15.2 Å². The van der Waals surface area contributed by atoms with Crippen molar-refractivity contribution < 1.29 is 156 Å². The second kappa shape index (κ2) is 17.8. The molecule has 0 aromatic carbocycles. The van der Waals surface area contributed by atoms with Crippen LogP contribution in [0.1, 0.15) is 0 Å². The van der Waals surface area contributed by atoms with Crippen LogP contribution in [0.3, 0.4) is 0 Å². The number of H-pyrrole nitrogens is 1. The number of rotatable bonds is 11. The normalized spacial score (nSPS) is 12.1. The van der Waals surface area contributed by atoms with E-state index < -0.39 is 39.2 Å². The quantitative estimate of drug-likeness (QED) is 0.158. The molecule has 0 aliphatic heterocycles. The van der Waals surface area contributed by atoms with E-state index in [1.54, 1.807) is 10.8 Å². The van der Waals surface area contributed by atoms with E-state index in [1.807, 2.05) is 0 Å². The average molecular weight is 528 g/mol. The number of aromatic amines is 1. The minimum Gasteiger partial charge on any atom is -0.811 e. The molecular formula is C13H18N4Na4O9P2. The standard InChI is InChI=1S/C13H22N4O9P2.4Na/c14-13-15-11-10(12(18)16-13)1-2-17(11)5-9(7-26-8-28(22,23)24)6-25-3-4-27(19,20)21;;;;/h1-2,9H,3-8H2,(H2,19,20,21)(H2,22,23,24)(H3,14,15,16,18);;;;/q;4*+1/p-4. The predicted octanol–water partition coefficient (Wildman–Crippen LogP) is -15.2. The maximum atomic E-state index is 11.9. The van der Waals surface area contributed by atoms with E-state index in [-0.39, 0.29) is 162 Å². The molecule has 0 radical (unpaired) electrons. The van der Waals surface area contributed by atoms with Gasteiger partial charge in [0, 0.05) is 18.7 Å². The van der Waals surface area contributed by atoms with E-state index in [0.717, 1.165) is 0 Å². The molecule has 2 heterocycles. The molecule has 0 saturated carbocycles. The van der Waals surface area contributed by atoms with Gasteiger partial charge in [0.2, 0.25) is 5.95 Å². The van der Waals surface area contributed by atoms with Gasteiger partial charge in [-0.15, -0.1) is 0 Å². The Hall–Kier alpha value is 2.44. The summed E-state index contributed by atoms with van der Waals surface area (Å²) in [5, 5.41) is 0.275. The zero-order chi connectivity index (χ0) is 20.9. The van der Waals surface area contributed by atoms with Gasteiger partial charge >= 0.3 is 118 Å². The summed E-state index contributed by atoms with van der Waals surface area (Å²) in [6.07, 6.45) is -0.164. The Bertz CT molecular complexity index is 965. The summed E-state index contributed by atoms with van der Waals surface area (Å²) in [6.45, 7) is -0.521. The number of nitrogens with one attached hydrogen (secondary N) is 1. The first-order chi connectivity index (χ1) is 12.9. The van der Waals surface area contributed by atoms with Crippen LogP contribution in [-0.4, -0.2) is 46.9 Å². The topological polar surface area (TPSA) is 222 Å².